The van der Waals surface area contributed by atoms with E-state index < -0.39 is 5.97 Å². The normalized spacial score (nSPS) is 11.5. The monoisotopic (exact) mass is 384 g/mol. The summed E-state index contributed by atoms with van der Waals surface area (Å²) in [6.45, 7) is 11.6. The van der Waals surface area contributed by atoms with Crippen LogP contribution in [0.15, 0.2) is 35.4 Å². The van der Waals surface area contributed by atoms with Crippen LogP contribution in [-0.2, 0) is 9.53 Å². The van der Waals surface area contributed by atoms with Crippen LogP contribution < -0.4 is 10.2 Å². The number of aryl methyl sites for hydroxylation is 2. The Labute approximate surface area is 166 Å². The van der Waals surface area contributed by atoms with Crippen LogP contribution in [0, 0.1) is 13.8 Å². The number of hydrogen-bond donors (Lipinski definition) is 2. The lowest BCUT2D eigenvalue weighted by atomic mass is 10.0. The van der Waals surface area contributed by atoms with E-state index >= 15 is 0 Å². The summed E-state index contributed by atoms with van der Waals surface area (Å²) >= 11 is 0. The number of carbonyl (C=O) groups is 1. The first-order valence-corrected chi connectivity index (χ1v) is 9.32. The lowest BCUT2D eigenvalue weighted by Crippen LogP contribution is -2.15. The minimum Gasteiger partial charge on any atom is -0.508 e. The molecule has 0 unspecified atom stereocenters. The van der Waals surface area contributed by atoms with Crippen molar-refractivity contribution in [1.82, 2.24) is 0 Å². The maximum absolute atomic E-state index is 11.6. The second-order valence-electron chi connectivity index (χ2n) is 6.95. The highest BCUT2D eigenvalue weighted by Crippen LogP contribution is 2.35. The number of aromatic hydroxyl groups is 1. The van der Waals surface area contributed by atoms with Gasteiger partial charge in [-0.2, -0.15) is 5.10 Å². The van der Waals surface area contributed by atoms with Crippen molar-refractivity contribution in [3.05, 3.63) is 47.0 Å². The van der Waals surface area contributed by atoms with Crippen LogP contribution in [0.25, 0.3) is 0 Å². The number of hydrazone groups is 1. The highest BCUT2D eigenvalue weighted by Gasteiger charge is 2.12. The number of phenols is 1. The summed E-state index contributed by atoms with van der Waals surface area (Å²) in [5.41, 5.74) is 6.57. The molecule has 0 saturated carbocycles. The van der Waals surface area contributed by atoms with Gasteiger partial charge in [0.2, 0.25) is 0 Å². The van der Waals surface area contributed by atoms with Gasteiger partial charge in [-0.1, -0.05) is 13.8 Å². The van der Waals surface area contributed by atoms with Gasteiger partial charge in [0.15, 0.2) is 0 Å². The molecule has 0 saturated heterocycles. The Morgan fingerprint density at radius 3 is 2.39 bits per heavy atom. The van der Waals surface area contributed by atoms with Crippen molar-refractivity contribution in [2.45, 2.75) is 47.5 Å². The second kappa shape index (κ2) is 9.26. The fourth-order valence-corrected chi connectivity index (χ4v) is 2.78. The zero-order valence-electron chi connectivity index (χ0n) is 17.3. The molecule has 0 aliphatic heterocycles. The molecule has 0 fully saturated rings. The number of phenolic OH excluding ortho intramolecular Hbond substituents is 1. The number of ether oxygens (including phenoxy) is 2. The van der Waals surface area contributed by atoms with E-state index in [4.69, 9.17) is 9.47 Å². The third-order valence-electron chi connectivity index (χ3n) is 4.22. The predicted octanol–water partition coefficient (Wildman–Crippen LogP) is 5.28. The number of nitrogens with zero attached hydrogens (tertiary/aromatic N) is 1. The van der Waals surface area contributed by atoms with E-state index in [-0.39, 0.29) is 17.4 Å². The number of esters is 1. The van der Waals surface area contributed by atoms with Crippen LogP contribution in [-0.4, -0.2) is 23.4 Å². The third kappa shape index (κ3) is 5.25. The molecule has 0 aliphatic carbocycles. The van der Waals surface area contributed by atoms with Gasteiger partial charge in [-0.05, 0) is 75.1 Å². The molecule has 2 aromatic carbocycles. The van der Waals surface area contributed by atoms with Crippen LogP contribution in [0.1, 0.15) is 50.3 Å². The first kappa shape index (κ1) is 21.3. The summed E-state index contributed by atoms with van der Waals surface area (Å²) in [4.78, 5) is 11.6. The minimum absolute atomic E-state index is 0.192. The van der Waals surface area contributed by atoms with Crippen molar-refractivity contribution in [2.24, 2.45) is 5.10 Å². The van der Waals surface area contributed by atoms with Crippen molar-refractivity contribution < 1.29 is 19.4 Å². The standard InChI is InChI=1S/C22H28N2O4/c1-7-27-22(26)16(6)23-24-17-10-14(4)21(15(5)11-17)28-18-8-9-20(25)19(12-18)13(2)3/h8-13,24-25H,7H2,1-6H3. The van der Waals surface area contributed by atoms with E-state index in [0.29, 0.717) is 12.4 Å². The van der Waals surface area contributed by atoms with Gasteiger partial charge in [0.05, 0.1) is 12.3 Å². The predicted molar refractivity (Wildman–Crippen MR) is 112 cm³/mol. The summed E-state index contributed by atoms with van der Waals surface area (Å²) < 4.78 is 11.0. The van der Waals surface area contributed by atoms with E-state index in [0.717, 1.165) is 28.1 Å². The van der Waals surface area contributed by atoms with Crippen LogP contribution in [0.4, 0.5) is 5.69 Å². The number of nitrogens with one attached hydrogen (secondary N) is 1. The van der Waals surface area contributed by atoms with Crippen molar-refractivity contribution in [3.8, 4) is 17.2 Å². The SMILES string of the molecule is CCOC(=O)C(C)=NNc1cc(C)c(Oc2ccc(O)c(C(C)C)c2)c(C)c1. The van der Waals surface area contributed by atoms with Crippen LogP contribution in [0.3, 0.4) is 0 Å². The van der Waals surface area contributed by atoms with E-state index in [2.05, 4.69) is 10.5 Å². The van der Waals surface area contributed by atoms with Crippen LogP contribution in [0.5, 0.6) is 17.2 Å². The number of benzene rings is 2. The van der Waals surface area contributed by atoms with Crippen molar-refractivity contribution in [2.75, 3.05) is 12.0 Å². The molecule has 2 N–H and O–H groups in total. The molecule has 2 aromatic rings. The highest BCUT2D eigenvalue weighted by molar-refractivity contribution is 6.35. The molecular weight excluding hydrogens is 356 g/mol. The topological polar surface area (TPSA) is 80.2 Å². The molecule has 6 nitrogen and oxygen atoms in total. The van der Waals surface area contributed by atoms with Crippen molar-refractivity contribution in [3.63, 3.8) is 0 Å². The van der Waals surface area contributed by atoms with Gasteiger partial charge < -0.3 is 14.6 Å². The van der Waals surface area contributed by atoms with E-state index in [1.807, 2.05) is 45.9 Å². The first-order chi connectivity index (χ1) is 13.2. The van der Waals surface area contributed by atoms with Gasteiger partial charge >= 0.3 is 5.97 Å². The smallest absolute Gasteiger partial charge is 0.354 e. The van der Waals surface area contributed by atoms with Crippen LogP contribution >= 0.6 is 0 Å². The molecule has 28 heavy (non-hydrogen) atoms. The average molecular weight is 384 g/mol. The number of hydrogen-bond acceptors (Lipinski definition) is 6. The Bertz CT molecular complexity index is 865. The molecule has 0 atom stereocenters. The molecule has 0 amide bonds. The summed E-state index contributed by atoms with van der Waals surface area (Å²) in [6.07, 6.45) is 0. The van der Waals surface area contributed by atoms with Gasteiger partial charge in [-0.3, -0.25) is 5.43 Å². The van der Waals surface area contributed by atoms with Crippen molar-refractivity contribution >= 4 is 17.4 Å². The molecule has 0 radical (unpaired) electrons. The number of anilines is 1. The first-order valence-electron chi connectivity index (χ1n) is 9.32. The molecule has 6 heteroatoms. The summed E-state index contributed by atoms with van der Waals surface area (Å²) in [5, 5.41) is 14.1. The van der Waals surface area contributed by atoms with Gasteiger partial charge in [0.1, 0.15) is 23.0 Å². The molecule has 0 heterocycles. The van der Waals surface area contributed by atoms with Gasteiger partial charge in [0.25, 0.3) is 0 Å². The Kier molecular flexibility index (Phi) is 7.04. The van der Waals surface area contributed by atoms with E-state index in [9.17, 15) is 9.90 Å². The maximum Gasteiger partial charge on any atom is 0.354 e. The Morgan fingerprint density at radius 1 is 1.18 bits per heavy atom. The van der Waals surface area contributed by atoms with Gasteiger partial charge in [-0.25, -0.2) is 4.79 Å². The highest BCUT2D eigenvalue weighted by atomic mass is 16.5. The van der Waals surface area contributed by atoms with Crippen LogP contribution in [0.2, 0.25) is 0 Å². The third-order valence-corrected chi connectivity index (χ3v) is 4.22. The van der Waals surface area contributed by atoms with E-state index in [1.54, 1.807) is 26.0 Å². The molecule has 0 bridgehead atoms. The van der Waals surface area contributed by atoms with Crippen molar-refractivity contribution in [1.29, 1.82) is 0 Å². The number of rotatable bonds is 7. The average Bonchev–Trinajstić information content (AvgIpc) is 2.63. The lowest BCUT2D eigenvalue weighted by molar-refractivity contribution is -0.135. The Hall–Kier alpha value is -3.02. The Morgan fingerprint density at radius 2 is 1.82 bits per heavy atom. The van der Waals surface area contributed by atoms with Gasteiger partial charge in [-0.15, -0.1) is 0 Å². The summed E-state index contributed by atoms with van der Waals surface area (Å²) in [5.74, 6) is 1.43. The molecular formula is C22H28N2O4. The molecule has 0 aromatic heterocycles. The zero-order chi connectivity index (χ0) is 20.8. The minimum atomic E-state index is -0.448. The maximum atomic E-state index is 11.6. The number of carbonyl (C=O) groups excluding carboxylic acids is 1. The summed E-state index contributed by atoms with van der Waals surface area (Å²) in [6, 6.07) is 9.05. The molecule has 0 aliphatic rings. The molecule has 0 spiro atoms. The van der Waals surface area contributed by atoms with Gasteiger partial charge in [0, 0.05) is 5.56 Å². The fourth-order valence-electron chi connectivity index (χ4n) is 2.78. The molecule has 150 valence electrons. The molecule has 2 rings (SSSR count). The largest absolute Gasteiger partial charge is 0.508 e. The van der Waals surface area contributed by atoms with E-state index in [1.165, 1.54) is 0 Å². The quantitative estimate of drug-likeness (QED) is 0.386. The summed E-state index contributed by atoms with van der Waals surface area (Å²) in [7, 11) is 0. The fraction of sp³-hybridized carbons (Fsp3) is 0.364. The zero-order valence-corrected chi connectivity index (χ0v) is 17.3. The Balaban J connectivity index is 2.21. The lowest BCUT2D eigenvalue weighted by Gasteiger charge is -2.16. The second-order valence-corrected chi connectivity index (χ2v) is 6.95.